The third kappa shape index (κ3) is 23.3. The number of esters is 2. The normalized spacial score (nSPS) is 32.3. The zero-order valence-electron chi connectivity index (χ0n) is 58.1. The number of fused-ring (bicyclic) bond motifs is 1. The average Bonchev–Trinajstić information content (AvgIpc) is 0.818. The van der Waals surface area contributed by atoms with Gasteiger partial charge in [-0.3, -0.25) is 23.7 Å². The topological polar surface area (TPSA) is 312 Å². The molecule has 0 aliphatic carbocycles. The summed E-state index contributed by atoms with van der Waals surface area (Å²) in [4.78, 5) is 55.1. The zero-order valence-corrected chi connectivity index (χ0v) is 58.9. The summed E-state index contributed by atoms with van der Waals surface area (Å²) in [7, 11) is 4.15. The fraction of sp³-hybridized carbons (Fsp3) is 0.739. The molecule has 6 rings (SSSR count). The van der Waals surface area contributed by atoms with Crippen LogP contribution in [0.2, 0.25) is 0 Å². The predicted molar refractivity (Wildman–Crippen MR) is 351 cm³/mol. The molecule has 18 unspecified atom stereocenters. The molecule has 0 spiro atoms. The predicted octanol–water partition coefficient (Wildman–Crippen LogP) is 9.95. The number of Topliss-reactive ketones (excluding diaryl/α,β-unsaturated/α-hetero) is 1. The molecule has 0 radical (unpaired) electrons. The summed E-state index contributed by atoms with van der Waals surface area (Å²) in [6.07, 6.45) is 2.17. The average molecular weight is 1340 g/mol. The second-order valence-corrected chi connectivity index (χ2v) is 27.4. The highest BCUT2D eigenvalue weighted by Crippen LogP contribution is 2.42. The molecule has 23 nitrogen and oxygen atoms in total. The van der Waals surface area contributed by atoms with E-state index in [-0.39, 0.29) is 49.9 Å². The highest BCUT2D eigenvalue weighted by atomic mass is 32.3. The lowest BCUT2D eigenvalue weighted by molar-refractivity contribution is -0.319. The number of benzene rings is 2. The Morgan fingerprint density at radius 1 is 0.742 bits per heavy atom. The molecule has 3 fully saturated rings. The van der Waals surface area contributed by atoms with Gasteiger partial charge >= 0.3 is 22.3 Å². The lowest BCUT2D eigenvalue weighted by Crippen LogP contribution is -2.61. The molecule has 3 aliphatic heterocycles. The minimum atomic E-state index is -4.23. The van der Waals surface area contributed by atoms with E-state index in [1.54, 1.807) is 80.9 Å². The number of hydrogen-bond donors (Lipinski definition) is 5. The second-order valence-electron chi connectivity index (χ2n) is 26.3. The molecular weight excluding hydrogens is 1230 g/mol. The van der Waals surface area contributed by atoms with E-state index in [0.717, 1.165) is 18.4 Å². The van der Waals surface area contributed by atoms with Crippen molar-refractivity contribution in [1.29, 1.82) is 0 Å². The summed E-state index contributed by atoms with van der Waals surface area (Å²) in [5, 5.41) is 47.1. The molecule has 93 heavy (non-hydrogen) atoms. The minimum Gasteiger partial charge on any atom is -0.497 e. The summed E-state index contributed by atoms with van der Waals surface area (Å²) in [5.41, 5.74) is -3.72. The van der Waals surface area contributed by atoms with Crippen molar-refractivity contribution in [2.24, 2.45) is 23.7 Å². The third-order valence-corrected chi connectivity index (χ3v) is 18.8. The number of rotatable bonds is 24. The quantitative estimate of drug-likeness (QED) is 0.0316. The number of methoxy groups -OCH3 is 3. The molecule has 3 aliphatic rings. The first-order valence-corrected chi connectivity index (χ1v) is 34.5. The van der Waals surface area contributed by atoms with Gasteiger partial charge in [0.2, 0.25) is 0 Å². The molecule has 3 aromatic rings. The van der Waals surface area contributed by atoms with E-state index >= 15 is 0 Å². The first kappa shape index (κ1) is 80.8. The number of aliphatic hydroxyl groups excluding tert-OH is 2. The van der Waals surface area contributed by atoms with Crippen molar-refractivity contribution in [3.8, 4) is 22.8 Å². The lowest BCUT2D eigenvalue weighted by atomic mass is 9.74. The van der Waals surface area contributed by atoms with Crippen LogP contribution in [0.3, 0.4) is 0 Å². The van der Waals surface area contributed by atoms with Gasteiger partial charge in [-0.25, -0.2) is 4.18 Å². The summed E-state index contributed by atoms with van der Waals surface area (Å²) in [6, 6.07) is 13.7. The van der Waals surface area contributed by atoms with Crippen molar-refractivity contribution in [3.05, 3.63) is 58.8 Å². The van der Waals surface area contributed by atoms with Crippen molar-refractivity contribution in [1.82, 2.24) is 4.90 Å². The van der Waals surface area contributed by atoms with Crippen LogP contribution in [0.4, 0.5) is 0 Å². The largest absolute Gasteiger partial charge is 0.497 e. The van der Waals surface area contributed by atoms with Crippen LogP contribution in [0, 0.1) is 23.7 Å². The van der Waals surface area contributed by atoms with Crippen LogP contribution < -0.4 is 14.9 Å². The molecule has 18 atom stereocenters. The Morgan fingerprint density at radius 2 is 1.35 bits per heavy atom. The molecule has 3 saturated heterocycles. The molecule has 0 saturated carbocycles. The Kier molecular flexibility index (Phi) is 32.3. The van der Waals surface area contributed by atoms with Crippen LogP contribution in [-0.2, 0) is 62.1 Å². The molecule has 530 valence electrons. The van der Waals surface area contributed by atoms with E-state index in [1.807, 2.05) is 50.2 Å². The number of ketones is 1. The van der Waals surface area contributed by atoms with E-state index < -0.39 is 124 Å². The van der Waals surface area contributed by atoms with Crippen molar-refractivity contribution < 1.29 is 99.0 Å². The molecule has 2 aromatic carbocycles. The summed E-state index contributed by atoms with van der Waals surface area (Å²) < 4.78 is 92.8. The zero-order chi connectivity index (χ0) is 69.8. The first-order chi connectivity index (χ1) is 43.6. The standard InChI is InChI=1S/C40H71NO14.C17H14O4.C12H26O4S/c1-15-27-40(11,48)33(44)22(5)30(43)20(3)18-38(9,47)35(55-37-32(53-28(42)16-2)26(41(12)13)17-21(4)50-37)23(6)31(24(7)36(46)52-27)54-29-19-39(10,49-14)34(45)25(8)51-29;1-19-12-5-3-4-11(8-12)16-10-15(18)14-7-6-13(20-2)9-17(14)21-16;1-2-3-4-5-6-7-8-9-10-11-12-16-17(13,14)15/h20-27,29,31-35,37,44-45,47-48H,15-19H2,1-14H3;3-10H,1-2H3;2-12H2,1H3,(H,13,14,15). The number of likely N-dealkylation sites (N-methyl/N-ethyl adjacent to an activating group) is 1. The maximum Gasteiger partial charge on any atom is 0.397 e. The van der Waals surface area contributed by atoms with Gasteiger partial charge in [0.1, 0.15) is 46.4 Å². The van der Waals surface area contributed by atoms with Gasteiger partial charge in [-0.1, -0.05) is 111 Å². The van der Waals surface area contributed by atoms with Crippen LogP contribution in [0.1, 0.15) is 179 Å². The van der Waals surface area contributed by atoms with E-state index in [4.69, 9.17) is 51.6 Å². The maximum absolute atomic E-state index is 14.2. The van der Waals surface area contributed by atoms with Gasteiger partial charge in [-0.2, -0.15) is 8.42 Å². The Hall–Kier alpha value is -4.67. The first-order valence-electron chi connectivity index (χ1n) is 33.1. The van der Waals surface area contributed by atoms with Crippen molar-refractivity contribution >= 4 is 39.1 Å². The second kappa shape index (κ2) is 37.2. The van der Waals surface area contributed by atoms with Gasteiger partial charge < -0.3 is 72.4 Å². The highest BCUT2D eigenvalue weighted by molar-refractivity contribution is 7.80. The van der Waals surface area contributed by atoms with Crippen LogP contribution in [-0.4, -0.2) is 182 Å². The van der Waals surface area contributed by atoms with Crippen molar-refractivity contribution in [2.45, 2.75) is 264 Å². The maximum atomic E-state index is 14.2. The molecule has 5 N–H and O–H groups in total. The van der Waals surface area contributed by atoms with E-state index in [2.05, 4.69) is 11.1 Å². The monoisotopic (exact) mass is 1340 g/mol. The number of ether oxygens (including phenoxy) is 9. The number of nitrogens with zero attached hydrogens (tertiary/aromatic N) is 1. The van der Waals surface area contributed by atoms with Crippen LogP contribution >= 0.6 is 0 Å². The fourth-order valence-electron chi connectivity index (χ4n) is 12.7. The van der Waals surface area contributed by atoms with Crippen LogP contribution in [0.5, 0.6) is 11.5 Å². The molecule has 24 heteroatoms. The summed E-state index contributed by atoms with van der Waals surface area (Å²) in [5.74, 6) is -3.73. The number of unbranched alkanes of at least 4 members (excludes halogenated alkanes) is 9. The van der Waals surface area contributed by atoms with Crippen LogP contribution in [0.25, 0.3) is 22.3 Å². The number of cyclic esters (lactones) is 1. The smallest absolute Gasteiger partial charge is 0.397 e. The molecule has 0 amide bonds. The number of aliphatic hydroxyl groups is 4. The van der Waals surface area contributed by atoms with E-state index in [9.17, 15) is 48.0 Å². The number of carbonyl (C=O) groups is 3. The molecular formula is C69H111NO22S. The molecule has 4 heterocycles. The Morgan fingerprint density at radius 3 is 1.92 bits per heavy atom. The van der Waals surface area contributed by atoms with Gasteiger partial charge in [0.15, 0.2) is 24.1 Å². The van der Waals surface area contributed by atoms with Crippen molar-refractivity contribution in [2.75, 3.05) is 42.0 Å². The summed E-state index contributed by atoms with van der Waals surface area (Å²) in [6.45, 7) is 20.3. The van der Waals surface area contributed by atoms with Gasteiger partial charge in [-0.15, -0.1) is 0 Å². The third-order valence-electron chi connectivity index (χ3n) is 18.4. The number of carbonyl (C=O) groups excluding carboxylic acids is 3. The van der Waals surface area contributed by atoms with Crippen LogP contribution in [0.15, 0.2) is 57.7 Å². The van der Waals surface area contributed by atoms with Gasteiger partial charge in [-0.05, 0) is 106 Å². The SMILES string of the molecule is CCC(=O)OC1C(OC2C(C)C(OC3CC(C)(OC)C(O)C(C)O3)C(C)C(=O)OC(CC)C(C)(O)C(O)C(C)C(=O)C(C)CC2(C)O)OC(C)CC1N(C)C.CCCCCCCCCCCCOS(=O)(=O)O.COc1cccc(-c2cc(=O)c3ccc(OC)cc3o2)c1. The lowest BCUT2D eigenvalue weighted by Gasteiger charge is -2.49. The van der Waals surface area contributed by atoms with Crippen molar-refractivity contribution in [3.63, 3.8) is 0 Å². The fourth-order valence-corrected chi connectivity index (χ4v) is 13.0. The molecule has 0 bridgehead atoms. The highest BCUT2D eigenvalue weighted by Gasteiger charge is 2.54. The van der Waals surface area contributed by atoms with Gasteiger partial charge in [0.25, 0.3) is 0 Å². The number of hydrogen-bond acceptors (Lipinski definition) is 22. The summed E-state index contributed by atoms with van der Waals surface area (Å²) >= 11 is 0. The Bertz CT molecular complexity index is 2950. The Balaban J connectivity index is 0.000000390. The van der Waals surface area contributed by atoms with Gasteiger partial charge in [0.05, 0.1) is 79.9 Å². The van der Waals surface area contributed by atoms with E-state index in [0.29, 0.717) is 41.1 Å². The molecule has 1 aromatic heterocycles. The van der Waals surface area contributed by atoms with Gasteiger partial charge in [0, 0.05) is 55.4 Å². The van der Waals surface area contributed by atoms with E-state index in [1.165, 1.54) is 78.9 Å². The minimum absolute atomic E-state index is 0.0760. The Labute approximate surface area is 551 Å².